The number of amides is 1. The van der Waals surface area contributed by atoms with Gasteiger partial charge < -0.3 is 10.2 Å². The minimum absolute atomic E-state index is 0.0344. The molecule has 0 saturated carbocycles. The Bertz CT molecular complexity index is 1370. The summed E-state index contributed by atoms with van der Waals surface area (Å²) in [4.78, 5) is 34.3. The second-order valence-corrected chi connectivity index (χ2v) is 11.5. The van der Waals surface area contributed by atoms with Gasteiger partial charge in [0.05, 0.1) is 4.90 Å². The van der Waals surface area contributed by atoms with Crippen LogP contribution in [0.4, 0.5) is 5.69 Å². The first-order valence-electron chi connectivity index (χ1n) is 11.0. The lowest BCUT2D eigenvalue weighted by molar-refractivity contribution is 0.102. The zero-order valence-electron chi connectivity index (χ0n) is 18.3. The summed E-state index contributed by atoms with van der Waals surface area (Å²) in [6, 6.07) is 6.04. The first-order valence-corrected chi connectivity index (χ1v) is 13.2. The summed E-state index contributed by atoms with van der Waals surface area (Å²) >= 11 is 1.51. The molecule has 3 aromatic rings. The zero-order valence-corrected chi connectivity index (χ0v) is 19.9. The molecule has 1 N–H and O–H groups in total. The summed E-state index contributed by atoms with van der Waals surface area (Å²) in [6.45, 7) is 2.27. The quantitative estimate of drug-likeness (QED) is 0.602. The second-order valence-electron chi connectivity index (χ2n) is 8.46. The number of thiazole rings is 1. The number of carbonyl (C=O) groups excluding carboxylic acids is 1. The number of sulfonamides is 1. The van der Waals surface area contributed by atoms with E-state index in [0.717, 1.165) is 31.4 Å². The zero-order chi connectivity index (χ0) is 23.2. The van der Waals surface area contributed by atoms with Crippen molar-refractivity contribution in [2.45, 2.75) is 30.6 Å². The SMILES string of the molecule is CN1CCN(S(=O)(=O)c2ccc(NC(=O)c3cnc4sc5c(n4c3=O)CCCC5)cc2)CC1. The van der Waals surface area contributed by atoms with Crippen molar-refractivity contribution in [3.05, 3.63) is 57.0 Å². The Morgan fingerprint density at radius 1 is 1.06 bits per heavy atom. The van der Waals surface area contributed by atoms with Crippen LogP contribution < -0.4 is 10.9 Å². The molecule has 1 aliphatic carbocycles. The van der Waals surface area contributed by atoms with Crippen LogP contribution in [0.5, 0.6) is 0 Å². The number of piperazine rings is 1. The highest BCUT2D eigenvalue weighted by atomic mass is 32.2. The van der Waals surface area contributed by atoms with Gasteiger partial charge in [0.1, 0.15) is 5.56 Å². The van der Waals surface area contributed by atoms with Gasteiger partial charge in [-0.2, -0.15) is 4.31 Å². The van der Waals surface area contributed by atoms with Gasteiger partial charge in [-0.1, -0.05) is 0 Å². The summed E-state index contributed by atoms with van der Waals surface area (Å²) in [5.74, 6) is -0.563. The van der Waals surface area contributed by atoms with Crippen LogP contribution in [-0.2, 0) is 22.9 Å². The van der Waals surface area contributed by atoms with E-state index in [0.29, 0.717) is 36.8 Å². The Labute approximate surface area is 195 Å². The summed E-state index contributed by atoms with van der Waals surface area (Å²) in [6.07, 6.45) is 5.19. The predicted molar refractivity (Wildman–Crippen MR) is 127 cm³/mol. The van der Waals surface area contributed by atoms with Crippen LogP contribution in [0.15, 0.2) is 40.2 Å². The number of carbonyl (C=O) groups is 1. The normalized spacial score (nSPS) is 17.7. The molecule has 0 unspecified atom stereocenters. The van der Waals surface area contributed by atoms with Crippen molar-refractivity contribution < 1.29 is 13.2 Å². The Kier molecular flexibility index (Phi) is 5.81. The number of fused-ring (bicyclic) bond motifs is 3. The first-order chi connectivity index (χ1) is 15.8. The van der Waals surface area contributed by atoms with Crippen molar-refractivity contribution >= 4 is 37.9 Å². The number of hydrogen-bond donors (Lipinski definition) is 1. The lowest BCUT2D eigenvalue weighted by Gasteiger charge is -2.31. The molecule has 174 valence electrons. The van der Waals surface area contributed by atoms with Gasteiger partial charge in [-0.05, 0) is 57.0 Å². The van der Waals surface area contributed by atoms with Crippen molar-refractivity contribution in [1.82, 2.24) is 18.6 Å². The van der Waals surface area contributed by atoms with Gasteiger partial charge in [0.15, 0.2) is 4.96 Å². The number of rotatable bonds is 4. The molecule has 1 saturated heterocycles. The molecule has 9 nitrogen and oxygen atoms in total. The van der Waals surface area contributed by atoms with Gasteiger partial charge in [-0.15, -0.1) is 11.3 Å². The van der Waals surface area contributed by atoms with Crippen LogP contribution in [0.2, 0.25) is 0 Å². The maximum Gasteiger partial charge on any atom is 0.271 e. The van der Waals surface area contributed by atoms with Crippen molar-refractivity contribution in [2.75, 3.05) is 38.5 Å². The van der Waals surface area contributed by atoms with Crippen LogP contribution in [0.25, 0.3) is 4.96 Å². The lowest BCUT2D eigenvalue weighted by atomic mass is 10.0. The van der Waals surface area contributed by atoms with Gasteiger partial charge >= 0.3 is 0 Å². The number of benzene rings is 1. The van der Waals surface area contributed by atoms with Gasteiger partial charge in [0.2, 0.25) is 10.0 Å². The minimum Gasteiger partial charge on any atom is -0.322 e. The van der Waals surface area contributed by atoms with Crippen LogP contribution in [0.1, 0.15) is 33.8 Å². The molecule has 0 spiro atoms. The van der Waals surface area contributed by atoms with Crippen LogP contribution >= 0.6 is 11.3 Å². The van der Waals surface area contributed by atoms with E-state index in [9.17, 15) is 18.0 Å². The summed E-state index contributed by atoms with van der Waals surface area (Å²) in [5, 5.41) is 2.70. The topological polar surface area (TPSA) is 104 Å². The molecule has 0 bridgehead atoms. The van der Waals surface area contributed by atoms with E-state index in [1.807, 2.05) is 7.05 Å². The van der Waals surface area contributed by atoms with Crippen molar-refractivity contribution in [3.8, 4) is 0 Å². The standard InChI is InChI=1S/C22H25N5O4S2/c1-25-10-12-26(13-11-25)33(30,31)16-8-6-15(7-9-16)24-20(28)17-14-23-22-27(21(17)29)18-4-2-3-5-19(18)32-22/h6-9,14H,2-5,10-13H2,1H3,(H,24,28). The van der Waals surface area contributed by atoms with Crippen molar-refractivity contribution in [2.24, 2.45) is 0 Å². The fraction of sp³-hybridized carbons (Fsp3) is 0.409. The third kappa shape index (κ3) is 4.10. The van der Waals surface area contributed by atoms with E-state index in [1.54, 1.807) is 4.40 Å². The third-order valence-electron chi connectivity index (χ3n) is 6.26. The fourth-order valence-corrected chi connectivity index (χ4v) is 6.90. The molecule has 2 aromatic heterocycles. The molecular weight excluding hydrogens is 462 g/mol. The van der Waals surface area contributed by atoms with Crippen LogP contribution in [0, 0.1) is 0 Å². The average molecular weight is 488 g/mol. The van der Waals surface area contributed by atoms with E-state index in [4.69, 9.17) is 0 Å². The van der Waals surface area contributed by atoms with Crippen LogP contribution in [-0.4, -0.2) is 66.1 Å². The fourth-order valence-electron chi connectivity index (χ4n) is 4.31. The number of nitrogens with one attached hydrogen (secondary N) is 1. The first kappa shape index (κ1) is 22.2. The molecule has 0 radical (unpaired) electrons. The van der Waals surface area contributed by atoms with E-state index in [-0.39, 0.29) is 16.0 Å². The third-order valence-corrected chi connectivity index (χ3v) is 9.33. The monoisotopic (exact) mass is 487 g/mol. The summed E-state index contributed by atoms with van der Waals surface area (Å²) in [5.41, 5.74) is 0.972. The number of aryl methyl sites for hydroxylation is 2. The highest BCUT2D eigenvalue weighted by Gasteiger charge is 2.27. The molecular formula is C22H25N5O4S2. The molecule has 3 heterocycles. The Hall–Kier alpha value is -2.60. The highest BCUT2D eigenvalue weighted by molar-refractivity contribution is 7.89. The van der Waals surface area contributed by atoms with Crippen LogP contribution in [0.3, 0.4) is 0 Å². The summed E-state index contributed by atoms with van der Waals surface area (Å²) in [7, 11) is -1.62. The van der Waals surface area contributed by atoms with E-state index in [1.165, 1.54) is 51.0 Å². The molecule has 1 fully saturated rings. The molecule has 0 atom stereocenters. The number of hydrogen-bond acceptors (Lipinski definition) is 7. The predicted octanol–water partition coefficient (Wildman–Crippen LogP) is 1.82. The molecule has 1 aromatic carbocycles. The average Bonchev–Trinajstić information content (AvgIpc) is 3.19. The lowest BCUT2D eigenvalue weighted by Crippen LogP contribution is -2.46. The molecule has 33 heavy (non-hydrogen) atoms. The van der Waals surface area contributed by atoms with Gasteiger partial charge in [-0.3, -0.25) is 14.0 Å². The Morgan fingerprint density at radius 2 is 1.76 bits per heavy atom. The maximum absolute atomic E-state index is 13.1. The van der Waals surface area contributed by atoms with Gasteiger partial charge in [-0.25, -0.2) is 13.4 Å². The van der Waals surface area contributed by atoms with Crippen molar-refractivity contribution in [1.29, 1.82) is 0 Å². The Balaban J connectivity index is 1.36. The smallest absolute Gasteiger partial charge is 0.271 e. The molecule has 2 aliphatic rings. The van der Waals surface area contributed by atoms with E-state index >= 15 is 0 Å². The largest absolute Gasteiger partial charge is 0.322 e. The number of nitrogens with zero attached hydrogens (tertiary/aromatic N) is 4. The number of aromatic nitrogens is 2. The van der Waals surface area contributed by atoms with Gasteiger partial charge in [0.25, 0.3) is 11.5 Å². The maximum atomic E-state index is 13.1. The number of anilines is 1. The summed E-state index contributed by atoms with van der Waals surface area (Å²) < 4.78 is 28.8. The van der Waals surface area contributed by atoms with E-state index < -0.39 is 15.9 Å². The molecule has 1 amide bonds. The number of likely N-dealkylation sites (N-methyl/N-ethyl adjacent to an activating group) is 1. The van der Waals surface area contributed by atoms with E-state index in [2.05, 4.69) is 15.2 Å². The molecule has 5 rings (SSSR count). The minimum atomic E-state index is -3.58. The molecule has 1 aliphatic heterocycles. The molecule has 11 heteroatoms. The van der Waals surface area contributed by atoms with Crippen molar-refractivity contribution in [3.63, 3.8) is 0 Å². The Morgan fingerprint density at radius 3 is 2.48 bits per heavy atom. The van der Waals surface area contributed by atoms with Gasteiger partial charge in [0, 0.05) is 48.6 Å². The highest BCUT2D eigenvalue weighted by Crippen LogP contribution is 2.28. The second kappa shape index (κ2) is 8.64.